The highest BCUT2D eigenvalue weighted by molar-refractivity contribution is 5.72. The molecule has 3 nitrogen and oxygen atoms in total. The molecular formula is C13H23NO2. The monoisotopic (exact) mass is 225 g/mol. The lowest BCUT2D eigenvalue weighted by Crippen LogP contribution is -2.37. The Bertz CT molecular complexity index is 238. The van der Waals surface area contributed by atoms with Crippen LogP contribution in [-0.4, -0.2) is 25.2 Å². The van der Waals surface area contributed by atoms with E-state index in [0.717, 1.165) is 31.7 Å². The van der Waals surface area contributed by atoms with Crippen molar-refractivity contribution in [3.63, 3.8) is 0 Å². The molecule has 1 N–H and O–H groups in total. The zero-order valence-electron chi connectivity index (χ0n) is 10.2. The first kappa shape index (κ1) is 11.9. The van der Waals surface area contributed by atoms with Gasteiger partial charge in [-0.2, -0.15) is 0 Å². The minimum atomic E-state index is 0.0143. The van der Waals surface area contributed by atoms with Crippen molar-refractivity contribution >= 4 is 5.97 Å². The molecule has 0 amide bonds. The Balaban J connectivity index is 1.71. The van der Waals surface area contributed by atoms with E-state index in [0.29, 0.717) is 12.6 Å². The molecule has 0 aromatic rings. The SMILES string of the molecule is CCOC(=O)C1CCCC(NCC2CC2)C1. The molecule has 0 aromatic heterocycles. The first-order valence-corrected chi connectivity index (χ1v) is 6.69. The molecule has 0 bridgehead atoms. The van der Waals surface area contributed by atoms with Crippen LogP contribution in [0.2, 0.25) is 0 Å². The van der Waals surface area contributed by atoms with Crippen molar-refractivity contribution in [2.45, 2.75) is 51.5 Å². The molecule has 2 rings (SSSR count). The highest BCUT2D eigenvalue weighted by atomic mass is 16.5. The Hall–Kier alpha value is -0.570. The van der Waals surface area contributed by atoms with Gasteiger partial charge < -0.3 is 10.1 Å². The summed E-state index contributed by atoms with van der Waals surface area (Å²) in [6, 6.07) is 0.545. The van der Waals surface area contributed by atoms with Gasteiger partial charge in [0, 0.05) is 6.04 Å². The summed E-state index contributed by atoms with van der Waals surface area (Å²) in [6.07, 6.45) is 7.16. The first-order valence-electron chi connectivity index (χ1n) is 6.69. The fraction of sp³-hybridized carbons (Fsp3) is 0.923. The highest BCUT2D eigenvalue weighted by Gasteiger charge is 2.29. The molecule has 2 aliphatic carbocycles. The lowest BCUT2D eigenvalue weighted by Gasteiger charge is -2.28. The molecule has 2 fully saturated rings. The molecule has 3 heteroatoms. The lowest BCUT2D eigenvalue weighted by atomic mass is 9.85. The predicted molar refractivity (Wildman–Crippen MR) is 63.1 cm³/mol. The van der Waals surface area contributed by atoms with Crippen LogP contribution in [0.4, 0.5) is 0 Å². The van der Waals surface area contributed by atoms with Gasteiger partial charge in [0.25, 0.3) is 0 Å². The second-order valence-electron chi connectivity index (χ2n) is 5.16. The molecule has 2 unspecified atom stereocenters. The van der Waals surface area contributed by atoms with E-state index in [1.807, 2.05) is 6.92 Å². The van der Waals surface area contributed by atoms with E-state index in [-0.39, 0.29) is 11.9 Å². The number of hydrogen-bond donors (Lipinski definition) is 1. The maximum atomic E-state index is 11.6. The van der Waals surface area contributed by atoms with Crippen molar-refractivity contribution < 1.29 is 9.53 Å². The third kappa shape index (κ3) is 3.48. The van der Waals surface area contributed by atoms with Crippen molar-refractivity contribution in [1.29, 1.82) is 0 Å². The first-order chi connectivity index (χ1) is 7.79. The molecule has 0 saturated heterocycles. The van der Waals surface area contributed by atoms with Crippen LogP contribution >= 0.6 is 0 Å². The number of ether oxygens (including phenoxy) is 1. The zero-order chi connectivity index (χ0) is 11.4. The average molecular weight is 225 g/mol. The quantitative estimate of drug-likeness (QED) is 0.728. The Labute approximate surface area is 97.9 Å². The van der Waals surface area contributed by atoms with E-state index >= 15 is 0 Å². The Morgan fingerprint density at radius 2 is 2.12 bits per heavy atom. The summed E-state index contributed by atoms with van der Waals surface area (Å²) >= 11 is 0. The van der Waals surface area contributed by atoms with Crippen LogP contribution in [0.3, 0.4) is 0 Å². The van der Waals surface area contributed by atoms with Gasteiger partial charge in [-0.25, -0.2) is 0 Å². The van der Waals surface area contributed by atoms with Crippen molar-refractivity contribution in [2.75, 3.05) is 13.2 Å². The summed E-state index contributed by atoms with van der Waals surface area (Å²) in [5, 5.41) is 3.60. The van der Waals surface area contributed by atoms with Gasteiger partial charge in [-0.05, 0) is 51.5 Å². The minimum Gasteiger partial charge on any atom is -0.466 e. The summed E-state index contributed by atoms with van der Waals surface area (Å²) in [5.74, 6) is 1.08. The van der Waals surface area contributed by atoms with Gasteiger partial charge >= 0.3 is 5.97 Å². The van der Waals surface area contributed by atoms with E-state index in [1.165, 1.54) is 19.3 Å². The summed E-state index contributed by atoms with van der Waals surface area (Å²) in [4.78, 5) is 11.6. The Morgan fingerprint density at radius 3 is 2.81 bits per heavy atom. The van der Waals surface area contributed by atoms with E-state index in [2.05, 4.69) is 5.32 Å². The van der Waals surface area contributed by atoms with Gasteiger partial charge in [0.1, 0.15) is 0 Å². The minimum absolute atomic E-state index is 0.0143. The molecule has 2 aliphatic rings. The molecule has 0 aromatic carbocycles. The van der Waals surface area contributed by atoms with Gasteiger partial charge in [0.15, 0.2) is 0 Å². The molecule has 2 saturated carbocycles. The summed E-state index contributed by atoms with van der Waals surface area (Å²) < 4.78 is 5.10. The fourth-order valence-corrected chi connectivity index (χ4v) is 2.50. The van der Waals surface area contributed by atoms with Gasteiger partial charge in [-0.15, -0.1) is 0 Å². The largest absolute Gasteiger partial charge is 0.466 e. The Morgan fingerprint density at radius 1 is 1.31 bits per heavy atom. The maximum absolute atomic E-state index is 11.6. The van der Waals surface area contributed by atoms with E-state index < -0.39 is 0 Å². The molecular weight excluding hydrogens is 202 g/mol. The smallest absolute Gasteiger partial charge is 0.308 e. The fourth-order valence-electron chi connectivity index (χ4n) is 2.50. The van der Waals surface area contributed by atoms with Crippen LogP contribution in [0, 0.1) is 11.8 Å². The summed E-state index contributed by atoms with van der Waals surface area (Å²) in [7, 11) is 0. The van der Waals surface area contributed by atoms with Gasteiger partial charge in [0.2, 0.25) is 0 Å². The molecule has 0 aliphatic heterocycles. The van der Waals surface area contributed by atoms with Crippen molar-refractivity contribution in [1.82, 2.24) is 5.32 Å². The van der Waals surface area contributed by atoms with Crippen LogP contribution in [0.1, 0.15) is 45.4 Å². The number of rotatable bonds is 5. The Kier molecular flexibility index (Phi) is 4.22. The number of carbonyl (C=O) groups is 1. The number of nitrogens with one attached hydrogen (secondary N) is 1. The second-order valence-corrected chi connectivity index (χ2v) is 5.16. The third-order valence-electron chi connectivity index (χ3n) is 3.69. The van der Waals surface area contributed by atoms with Gasteiger partial charge in [0.05, 0.1) is 12.5 Å². The normalized spacial score (nSPS) is 30.1. The topological polar surface area (TPSA) is 38.3 Å². The van der Waals surface area contributed by atoms with Gasteiger partial charge in [-0.1, -0.05) is 6.42 Å². The zero-order valence-corrected chi connectivity index (χ0v) is 10.2. The van der Waals surface area contributed by atoms with Crippen LogP contribution < -0.4 is 5.32 Å². The molecule has 0 radical (unpaired) electrons. The standard InChI is InChI=1S/C13H23NO2/c1-2-16-13(15)11-4-3-5-12(8-11)14-9-10-6-7-10/h10-12,14H,2-9H2,1H3. The van der Waals surface area contributed by atoms with Crippen LogP contribution in [0.15, 0.2) is 0 Å². The van der Waals surface area contributed by atoms with Crippen molar-refractivity contribution in [3.05, 3.63) is 0 Å². The predicted octanol–water partition coefficient (Wildman–Crippen LogP) is 2.11. The molecule has 2 atom stereocenters. The number of carbonyl (C=O) groups excluding carboxylic acids is 1. The van der Waals surface area contributed by atoms with Crippen molar-refractivity contribution in [2.24, 2.45) is 11.8 Å². The highest BCUT2D eigenvalue weighted by Crippen LogP contribution is 2.30. The lowest BCUT2D eigenvalue weighted by molar-refractivity contribution is -0.149. The summed E-state index contributed by atoms with van der Waals surface area (Å²) in [6.45, 7) is 3.54. The molecule has 0 heterocycles. The summed E-state index contributed by atoms with van der Waals surface area (Å²) in [5.41, 5.74) is 0. The second kappa shape index (κ2) is 5.67. The van der Waals surface area contributed by atoms with Crippen LogP contribution in [-0.2, 0) is 9.53 Å². The van der Waals surface area contributed by atoms with E-state index in [4.69, 9.17) is 4.74 Å². The van der Waals surface area contributed by atoms with Crippen LogP contribution in [0.5, 0.6) is 0 Å². The van der Waals surface area contributed by atoms with Gasteiger partial charge in [-0.3, -0.25) is 4.79 Å². The van der Waals surface area contributed by atoms with E-state index in [9.17, 15) is 4.79 Å². The number of hydrogen-bond acceptors (Lipinski definition) is 3. The van der Waals surface area contributed by atoms with Crippen LogP contribution in [0.25, 0.3) is 0 Å². The average Bonchev–Trinajstić information content (AvgIpc) is 3.11. The maximum Gasteiger partial charge on any atom is 0.308 e. The molecule has 16 heavy (non-hydrogen) atoms. The molecule has 92 valence electrons. The van der Waals surface area contributed by atoms with Crippen molar-refractivity contribution in [3.8, 4) is 0 Å². The molecule has 0 spiro atoms. The number of esters is 1. The third-order valence-corrected chi connectivity index (χ3v) is 3.69. The van der Waals surface area contributed by atoms with E-state index in [1.54, 1.807) is 0 Å².